The molecule has 216 valence electrons. The quantitative estimate of drug-likeness (QED) is 0.0952. The van der Waals surface area contributed by atoms with Gasteiger partial charge in [0.1, 0.15) is 6.54 Å². The number of hydrogen-bond donors (Lipinski definition) is 4. The van der Waals surface area contributed by atoms with Crippen molar-refractivity contribution in [3.05, 3.63) is 81.4 Å². The second-order valence-corrected chi connectivity index (χ2v) is 11.9. The number of allylic oxidation sites excluding steroid dienone is 1. The van der Waals surface area contributed by atoms with Crippen molar-refractivity contribution in [2.75, 3.05) is 32.1 Å². The molecule has 4 rings (SSSR count). The molecule has 0 aliphatic carbocycles. The number of ether oxygens (including phenoxy) is 1. The number of amides is 1. The third-order valence-electron chi connectivity index (χ3n) is 7.41. The Morgan fingerprint density at radius 3 is 2.56 bits per heavy atom. The monoisotopic (exact) mass is 667 g/mol. The highest BCUT2D eigenvalue weighted by atomic mass is 127. The first-order valence-electron chi connectivity index (χ1n) is 14.1. The molecule has 1 amide bonds. The molecule has 1 heterocycles. The van der Waals surface area contributed by atoms with Crippen LogP contribution in [-0.2, 0) is 10.2 Å². The average Bonchev–Trinajstić information content (AvgIpc) is 3.17. The van der Waals surface area contributed by atoms with E-state index in [9.17, 15) is 9.90 Å². The summed E-state index contributed by atoms with van der Waals surface area (Å²) in [5.74, 6) is 0.679. The Labute approximate surface area is 256 Å². The highest BCUT2D eigenvalue weighted by Crippen LogP contribution is 2.42. The number of aromatic hydroxyl groups is 1. The van der Waals surface area contributed by atoms with Crippen LogP contribution in [0, 0.1) is 3.57 Å². The number of nitrogens with one attached hydrogen (secondary N) is 2. The molecule has 0 saturated carbocycles. The molecule has 0 fully saturated rings. The van der Waals surface area contributed by atoms with Crippen LogP contribution in [0.25, 0.3) is 6.08 Å². The van der Waals surface area contributed by atoms with Gasteiger partial charge in [-0.05, 0) is 97.3 Å². The molecule has 0 unspecified atom stereocenters. The van der Waals surface area contributed by atoms with Crippen molar-refractivity contribution in [1.29, 1.82) is 0 Å². The van der Waals surface area contributed by atoms with Crippen molar-refractivity contribution in [1.82, 2.24) is 5.32 Å². The molecule has 7 nitrogen and oxygen atoms in total. The van der Waals surface area contributed by atoms with Crippen molar-refractivity contribution in [3.63, 3.8) is 0 Å². The number of methoxy groups -OCH3 is 1. The number of benzene rings is 3. The molecule has 0 saturated heterocycles. The Balaban J connectivity index is 1.61. The number of nitrogens with two attached hydrogens (primary N) is 1. The van der Waals surface area contributed by atoms with Crippen LogP contribution in [0.2, 0.25) is 0 Å². The number of phenols is 1. The van der Waals surface area contributed by atoms with Crippen LogP contribution in [0.5, 0.6) is 11.5 Å². The topological polar surface area (TPSA) is 99.6 Å². The lowest BCUT2D eigenvalue weighted by Gasteiger charge is -2.17. The molecule has 1 aliphatic heterocycles. The number of fused-ring (bicyclic) bond motifs is 1. The van der Waals surface area contributed by atoms with Gasteiger partial charge in [0.25, 0.3) is 0 Å². The van der Waals surface area contributed by atoms with Gasteiger partial charge < -0.3 is 26.2 Å². The fourth-order valence-corrected chi connectivity index (χ4v) is 5.86. The molecule has 0 radical (unpaired) electrons. The van der Waals surface area contributed by atoms with Crippen molar-refractivity contribution < 1.29 is 19.2 Å². The number of anilines is 2. The maximum absolute atomic E-state index is 12.0. The summed E-state index contributed by atoms with van der Waals surface area (Å²) in [4.78, 5) is 12.0. The predicted octanol–water partition coefficient (Wildman–Crippen LogP) is 6.47. The normalized spacial score (nSPS) is 13.9. The minimum absolute atomic E-state index is 0.0655. The number of hydrogen-bond acceptors (Lipinski definition) is 5. The van der Waals surface area contributed by atoms with Crippen LogP contribution >= 0.6 is 22.6 Å². The van der Waals surface area contributed by atoms with Gasteiger partial charge in [-0.2, -0.15) is 4.58 Å². The van der Waals surface area contributed by atoms with E-state index in [1.54, 1.807) is 7.11 Å². The number of carbonyl (C=O) groups is 1. The first-order chi connectivity index (χ1) is 19.7. The molecule has 5 N–H and O–H groups in total. The zero-order valence-electron chi connectivity index (χ0n) is 24.0. The van der Waals surface area contributed by atoms with E-state index >= 15 is 0 Å². The second kappa shape index (κ2) is 14.0. The number of rotatable bonds is 13. The molecule has 3 aromatic rings. The summed E-state index contributed by atoms with van der Waals surface area (Å²) in [5.41, 5.74) is 12.0. The van der Waals surface area contributed by atoms with Gasteiger partial charge in [-0.15, -0.1) is 0 Å². The van der Waals surface area contributed by atoms with Crippen LogP contribution in [0.3, 0.4) is 0 Å². The number of para-hydroxylation sites is 1. The molecule has 1 aliphatic rings. The van der Waals surface area contributed by atoms with Gasteiger partial charge in [-0.25, -0.2) is 0 Å². The van der Waals surface area contributed by atoms with Crippen LogP contribution < -0.4 is 21.1 Å². The third kappa shape index (κ3) is 7.48. The Morgan fingerprint density at radius 1 is 1.05 bits per heavy atom. The number of phenolic OH excluding ortho intramolecular Hbond substituents is 1. The Kier molecular flexibility index (Phi) is 10.4. The highest BCUT2D eigenvalue weighted by Gasteiger charge is 2.44. The number of nitrogens with zero attached hydrogens (tertiary/aromatic N) is 1. The van der Waals surface area contributed by atoms with E-state index in [2.05, 4.69) is 94.1 Å². The van der Waals surface area contributed by atoms with Crippen molar-refractivity contribution in [2.45, 2.75) is 44.9 Å². The van der Waals surface area contributed by atoms with E-state index in [0.29, 0.717) is 25.3 Å². The van der Waals surface area contributed by atoms with Crippen molar-refractivity contribution in [3.8, 4) is 11.5 Å². The Bertz CT molecular complexity index is 1430. The predicted molar refractivity (Wildman–Crippen MR) is 176 cm³/mol. The van der Waals surface area contributed by atoms with Gasteiger partial charge in [-0.3, -0.25) is 4.79 Å². The fourth-order valence-electron chi connectivity index (χ4n) is 5.24. The standard InChI is InChI=1S/C33H39IN4O3/c1-33(2)26-22-25(37-24-10-6-4-7-11-24)14-15-28(26)38(19-9-5-8-12-31(39)36-18-17-35)30(33)16-13-23-20-27(34)32(40)29(21-23)41-3/h4,6-7,10-11,13-16,20-22,37H,5,8-9,12,17-19,35H2,1-3H3,(H,36,39)/p+1. The first kappa shape index (κ1) is 30.6. The maximum Gasteiger partial charge on any atom is 0.220 e. The van der Waals surface area contributed by atoms with E-state index in [-0.39, 0.29) is 17.1 Å². The summed E-state index contributed by atoms with van der Waals surface area (Å²) in [7, 11) is 1.56. The largest absolute Gasteiger partial charge is 0.504 e. The second-order valence-electron chi connectivity index (χ2n) is 10.7. The van der Waals surface area contributed by atoms with E-state index in [4.69, 9.17) is 10.5 Å². The summed E-state index contributed by atoms with van der Waals surface area (Å²) in [6.07, 6.45) is 7.56. The molecule has 0 bridgehead atoms. The SMILES string of the molecule is COc1cc(/C=C/C2=[N+](CCCCCC(=O)NCCN)c3ccc(Nc4ccccc4)cc3C2(C)C)cc(I)c1O. The zero-order valence-corrected chi connectivity index (χ0v) is 26.2. The molecule has 0 atom stereocenters. The summed E-state index contributed by atoms with van der Waals surface area (Å²) in [6.45, 7) is 6.36. The van der Waals surface area contributed by atoms with Crippen LogP contribution in [0.1, 0.15) is 50.7 Å². The van der Waals surface area contributed by atoms with Gasteiger partial charge in [0.05, 0.1) is 16.1 Å². The summed E-state index contributed by atoms with van der Waals surface area (Å²) in [6, 6.07) is 20.6. The minimum Gasteiger partial charge on any atom is -0.504 e. The molecule has 3 aromatic carbocycles. The molecule has 0 spiro atoms. The van der Waals surface area contributed by atoms with Crippen molar-refractivity contribution in [2.24, 2.45) is 5.73 Å². The minimum atomic E-state index is -0.240. The summed E-state index contributed by atoms with van der Waals surface area (Å²) in [5, 5.41) is 16.7. The molecule has 8 heteroatoms. The van der Waals surface area contributed by atoms with Crippen LogP contribution in [0.15, 0.2) is 66.7 Å². The number of unbranched alkanes of at least 4 members (excludes halogenated alkanes) is 2. The number of halogens is 1. The highest BCUT2D eigenvalue weighted by molar-refractivity contribution is 14.1. The zero-order chi connectivity index (χ0) is 29.4. The summed E-state index contributed by atoms with van der Waals surface area (Å²) >= 11 is 2.13. The van der Waals surface area contributed by atoms with E-state index in [1.165, 1.54) is 17.0 Å². The van der Waals surface area contributed by atoms with Crippen molar-refractivity contribution >= 4 is 57.3 Å². The van der Waals surface area contributed by atoms with Gasteiger partial charge >= 0.3 is 0 Å². The van der Waals surface area contributed by atoms with Crippen LogP contribution in [-0.4, -0.2) is 48.0 Å². The maximum atomic E-state index is 12.0. The van der Waals surface area contributed by atoms with Gasteiger partial charge in [0.2, 0.25) is 11.6 Å². The molecule has 41 heavy (non-hydrogen) atoms. The molecular weight excluding hydrogens is 627 g/mol. The van der Waals surface area contributed by atoms with E-state index in [0.717, 1.165) is 46.3 Å². The van der Waals surface area contributed by atoms with Crippen LogP contribution in [0.4, 0.5) is 17.1 Å². The lowest BCUT2D eigenvalue weighted by atomic mass is 9.81. The summed E-state index contributed by atoms with van der Waals surface area (Å²) < 4.78 is 8.53. The lowest BCUT2D eigenvalue weighted by Crippen LogP contribution is -2.28. The molecular formula is C33H40IN4O3+. The number of carbonyl (C=O) groups excluding carboxylic acids is 1. The fraction of sp³-hybridized carbons (Fsp3) is 0.333. The lowest BCUT2D eigenvalue weighted by molar-refractivity contribution is -0.438. The Morgan fingerprint density at radius 2 is 1.83 bits per heavy atom. The van der Waals surface area contributed by atoms with E-state index in [1.807, 2.05) is 30.3 Å². The Hall–Kier alpha value is -3.37. The van der Waals surface area contributed by atoms with Gasteiger partial charge in [0.15, 0.2) is 17.2 Å². The van der Waals surface area contributed by atoms with E-state index < -0.39 is 0 Å². The molecule has 0 aromatic heterocycles. The van der Waals surface area contributed by atoms with Gasteiger partial charge in [-0.1, -0.05) is 18.2 Å². The third-order valence-corrected chi connectivity index (χ3v) is 8.23. The first-order valence-corrected chi connectivity index (χ1v) is 15.2. The van der Waals surface area contributed by atoms with Gasteiger partial charge in [0, 0.05) is 55.0 Å². The smallest absolute Gasteiger partial charge is 0.220 e. The average molecular weight is 668 g/mol.